The largest absolute Gasteiger partial charge is 0.350 e. The Morgan fingerprint density at radius 3 is 2.08 bits per heavy atom. The van der Waals surface area contributed by atoms with Crippen molar-refractivity contribution in [2.45, 2.75) is 51.7 Å². The fourth-order valence-corrected chi connectivity index (χ4v) is 4.79. The van der Waals surface area contributed by atoms with Crippen molar-refractivity contribution in [1.29, 1.82) is 0 Å². The molecule has 1 unspecified atom stereocenters. The van der Waals surface area contributed by atoms with Gasteiger partial charge >= 0.3 is 0 Å². The zero-order valence-corrected chi connectivity index (χ0v) is 23.3. The van der Waals surface area contributed by atoms with Crippen molar-refractivity contribution in [3.63, 3.8) is 0 Å². The van der Waals surface area contributed by atoms with Crippen molar-refractivity contribution >= 4 is 58.2 Å². The molecule has 1 N–H and O–H groups in total. The van der Waals surface area contributed by atoms with Crippen LogP contribution in [0.4, 0.5) is 0 Å². The van der Waals surface area contributed by atoms with Gasteiger partial charge in [-0.25, -0.2) is 0 Å². The number of hydrogen-bond acceptors (Lipinski definition) is 2. The summed E-state index contributed by atoms with van der Waals surface area (Å²) >= 11 is 25.3. The summed E-state index contributed by atoms with van der Waals surface area (Å²) in [4.78, 5) is 29.0. The highest BCUT2D eigenvalue weighted by atomic mass is 35.5. The number of nitrogens with one attached hydrogen (secondary N) is 1. The molecule has 0 radical (unpaired) electrons. The number of carbonyl (C=O) groups is 2. The fourth-order valence-electron chi connectivity index (χ4n) is 3.79. The number of nitrogens with zero attached hydrogens (tertiary/aromatic N) is 1. The van der Waals surface area contributed by atoms with Crippen LogP contribution in [0.15, 0.2) is 66.7 Å². The Bertz CT molecular complexity index is 1210. The highest BCUT2D eigenvalue weighted by Crippen LogP contribution is 2.28. The Kier molecular flexibility index (Phi) is 9.71. The van der Waals surface area contributed by atoms with Gasteiger partial charge in [-0.3, -0.25) is 9.59 Å². The first-order valence-corrected chi connectivity index (χ1v) is 13.0. The SMILES string of the molecule is CC(C)(C)NC(=O)C(Cc1ccccc1)N(Cc1ccc(Cl)cc1Cl)C(=O)Cc1c(Cl)cccc1Cl. The minimum Gasteiger partial charge on any atom is -0.350 e. The molecule has 1 atom stereocenters. The predicted molar refractivity (Wildman–Crippen MR) is 149 cm³/mol. The molecule has 0 spiro atoms. The summed E-state index contributed by atoms with van der Waals surface area (Å²) in [5.74, 6) is -0.573. The smallest absolute Gasteiger partial charge is 0.243 e. The normalized spacial score (nSPS) is 12.2. The van der Waals surface area contributed by atoms with Crippen molar-refractivity contribution in [3.8, 4) is 0 Å². The first-order valence-electron chi connectivity index (χ1n) is 11.5. The lowest BCUT2D eigenvalue weighted by molar-refractivity contribution is -0.141. The Morgan fingerprint density at radius 2 is 1.50 bits per heavy atom. The van der Waals surface area contributed by atoms with Gasteiger partial charge in [0, 0.05) is 38.6 Å². The molecule has 36 heavy (non-hydrogen) atoms. The number of benzene rings is 3. The van der Waals surface area contributed by atoms with Crippen LogP contribution in [0.5, 0.6) is 0 Å². The van der Waals surface area contributed by atoms with Crippen LogP contribution in [0.1, 0.15) is 37.5 Å². The predicted octanol–water partition coefficient (Wildman–Crippen LogP) is 7.40. The van der Waals surface area contributed by atoms with Crippen LogP contribution in [0, 0.1) is 0 Å². The van der Waals surface area contributed by atoms with E-state index in [2.05, 4.69) is 5.32 Å². The van der Waals surface area contributed by atoms with E-state index in [1.54, 1.807) is 41.3 Å². The van der Waals surface area contributed by atoms with Crippen LogP contribution in [0.2, 0.25) is 20.1 Å². The van der Waals surface area contributed by atoms with Gasteiger partial charge in [-0.05, 0) is 61.7 Å². The molecule has 3 rings (SSSR count). The number of hydrogen-bond donors (Lipinski definition) is 1. The second-order valence-electron chi connectivity index (χ2n) is 9.58. The van der Waals surface area contributed by atoms with Gasteiger partial charge in [0.2, 0.25) is 11.8 Å². The van der Waals surface area contributed by atoms with E-state index in [-0.39, 0.29) is 24.8 Å². The summed E-state index contributed by atoms with van der Waals surface area (Å²) in [6, 6.07) is 18.9. The Morgan fingerprint density at radius 1 is 0.861 bits per heavy atom. The fraction of sp³-hybridized carbons (Fsp3) is 0.286. The van der Waals surface area contributed by atoms with Gasteiger partial charge in [-0.1, -0.05) is 88.9 Å². The summed E-state index contributed by atoms with van der Waals surface area (Å²) in [6.07, 6.45) is 0.244. The molecule has 0 saturated heterocycles. The third kappa shape index (κ3) is 7.88. The molecule has 2 amide bonds. The van der Waals surface area contributed by atoms with Crippen LogP contribution in [0.25, 0.3) is 0 Å². The average Bonchev–Trinajstić information content (AvgIpc) is 2.79. The third-order valence-electron chi connectivity index (χ3n) is 5.51. The van der Waals surface area contributed by atoms with Crippen molar-refractivity contribution in [2.75, 3.05) is 0 Å². The highest BCUT2D eigenvalue weighted by Gasteiger charge is 2.33. The molecule has 0 saturated carbocycles. The van der Waals surface area contributed by atoms with Crippen molar-refractivity contribution in [3.05, 3.63) is 104 Å². The molecule has 3 aromatic carbocycles. The first kappa shape index (κ1) is 28.3. The van der Waals surface area contributed by atoms with E-state index < -0.39 is 11.6 Å². The summed E-state index contributed by atoms with van der Waals surface area (Å²) in [5.41, 5.74) is 1.60. The van der Waals surface area contributed by atoms with Crippen LogP contribution in [0.3, 0.4) is 0 Å². The monoisotopic (exact) mass is 564 g/mol. The minimum atomic E-state index is -0.813. The van der Waals surface area contributed by atoms with E-state index in [9.17, 15) is 9.59 Å². The van der Waals surface area contributed by atoms with Crippen LogP contribution in [-0.4, -0.2) is 28.3 Å². The summed E-state index contributed by atoms with van der Waals surface area (Å²) in [5, 5.41) is 4.70. The summed E-state index contributed by atoms with van der Waals surface area (Å²) in [6.45, 7) is 5.80. The van der Waals surface area contributed by atoms with Crippen LogP contribution in [-0.2, 0) is 29.0 Å². The molecule has 0 bridgehead atoms. The third-order valence-corrected chi connectivity index (χ3v) is 6.81. The van der Waals surface area contributed by atoms with Gasteiger partial charge in [0.05, 0.1) is 6.42 Å². The molecule has 3 aromatic rings. The van der Waals surface area contributed by atoms with Gasteiger partial charge in [-0.15, -0.1) is 0 Å². The van der Waals surface area contributed by atoms with E-state index in [0.29, 0.717) is 37.6 Å². The highest BCUT2D eigenvalue weighted by molar-refractivity contribution is 6.36. The topological polar surface area (TPSA) is 49.4 Å². The maximum atomic E-state index is 13.9. The maximum absolute atomic E-state index is 13.9. The standard InChI is InChI=1S/C28H28Cl4N2O2/c1-28(2,3)33-27(36)25(14-18-8-5-4-6-9-18)34(17-19-12-13-20(29)15-24(19)32)26(35)16-21-22(30)10-7-11-23(21)31/h4-13,15,25H,14,16-17H2,1-3H3,(H,33,36). The van der Waals surface area contributed by atoms with E-state index in [0.717, 1.165) is 5.56 Å². The lowest BCUT2D eigenvalue weighted by atomic mass is 9.99. The molecule has 0 aliphatic rings. The second kappa shape index (κ2) is 12.3. The Labute approximate surface area is 232 Å². The molecular formula is C28H28Cl4N2O2. The zero-order valence-electron chi connectivity index (χ0n) is 20.3. The average molecular weight is 566 g/mol. The molecule has 0 heterocycles. The van der Waals surface area contributed by atoms with Gasteiger partial charge < -0.3 is 10.2 Å². The Balaban J connectivity index is 2.06. The molecule has 190 valence electrons. The first-order chi connectivity index (χ1) is 16.9. The van der Waals surface area contributed by atoms with E-state index >= 15 is 0 Å². The zero-order chi connectivity index (χ0) is 26.5. The lowest BCUT2D eigenvalue weighted by Crippen LogP contribution is -2.54. The van der Waals surface area contributed by atoms with E-state index in [1.807, 2.05) is 51.1 Å². The molecule has 4 nitrogen and oxygen atoms in total. The molecular weight excluding hydrogens is 538 g/mol. The van der Waals surface area contributed by atoms with Gasteiger partial charge in [0.25, 0.3) is 0 Å². The van der Waals surface area contributed by atoms with E-state index in [4.69, 9.17) is 46.4 Å². The molecule has 0 aliphatic carbocycles. The lowest BCUT2D eigenvalue weighted by Gasteiger charge is -2.34. The number of rotatable bonds is 8. The van der Waals surface area contributed by atoms with Crippen LogP contribution < -0.4 is 5.32 Å². The number of amides is 2. The molecule has 0 aromatic heterocycles. The van der Waals surface area contributed by atoms with Crippen molar-refractivity contribution in [1.82, 2.24) is 10.2 Å². The number of carbonyl (C=O) groups excluding carboxylic acids is 2. The maximum Gasteiger partial charge on any atom is 0.243 e. The summed E-state index contributed by atoms with van der Waals surface area (Å²) < 4.78 is 0. The van der Waals surface area contributed by atoms with Gasteiger partial charge in [0.1, 0.15) is 6.04 Å². The van der Waals surface area contributed by atoms with E-state index in [1.165, 1.54) is 0 Å². The van der Waals surface area contributed by atoms with Crippen LogP contribution >= 0.6 is 46.4 Å². The summed E-state index contributed by atoms with van der Waals surface area (Å²) in [7, 11) is 0. The number of halogens is 4. The van der Waals surface area contributed by atoms with Gasteiger partial charge in [0.15, 0.2) is 0 Å². The second-order valence-corrected chi connectivity index (χ2v) is 11.2. The van der Waals surface area contributed by atoms with Gasteiger partial charge in [-0.2, -0.15) is 0 Å². The molecule has 0 aliphatic heterocycles. The van der Waals surface area contributed by atoms with Crippen molar-refractivity contribution < 1.29 is 9.59 Å². The minimum absolute atomic E-state index is 0.0716. The quantitative estimate of drug-likeness (QED) is 0.309. The molecule has 0 fully saturated rings. The van der Waals surface area contributed by atoms with Crippen molar-refractivity contribution in [2.24, 2.45) is 0 Å². The molecule has 8 heteroatoms. The Hall–Kier alpha value is -2.24.